The quantitative estimate of drug-likeness (QED) is 0.715. The van der Waals surface area contributed by atoms with Gasteiger partial charge in [-0.25, -0.2) is 0 Å². The van der Waals surface area contributed by atoms with Crippen LogP contribution in [0.2, 0.25) is 5.02 Å². The van der Waals surface area contributed by atoms with Crippen LogP contribution in [0.25, 0.3) is 10.8 Å². The lowest BCUT2D eigenvalue weighted by Crippen LogP contribution is -2.44. The largest absolute Gasteiger partial charge is 0.379 e. The van der Waals surface area contributed by atoms with Gasteiger partial charge in [0.15, 0.2) is 0 Å². The highest BCUT2D eigenvalue weighted by Crippen LogP contribution is 2.26. The van der Waals surface area contributed by atoms with Crippen LogP contribution in [0.5, 0.6) is 0 Å². The molecule has 0 saturated carbocycles. The van der Waals surface area contributed by atoms with Crippen LogP contribution in [-0.2, 0) is 4.74 Å². The number of nitrogens with zero attached hydrogens (tertiary/aromatic N) is 2. The number of halogens is 1. The summed E-state index contributed by atoms with van der Waals surface area (Å²) in [6, 6.07) is 17.1. The fraction of sp³-hybridized carbons (Fsp3) is 0.273. The van der Waals surface area contributed by atoms with Crippen LogP contribution in [0, 0.1) is 0 Å². The Morgan fingerprint density at radius 1 is 1.07 bits per heavy atom. The predicted molar refractivity (Wildman–Crippen MR) is 111 cm³/mol. The van der Waals surface area contributed by atoms with E-state index in [0.29, 0.717) is 30.3 Å². The van der Waals surface area contributed by atoms with Gasteiger partial charge in [-0.3, -0.25) is 14.7 Å². The molecule has 0 aliphatic carbocycles. The van der Waals surface area contributed by atoms with Crippen LogP contribution in [0.1, 0.15) is 22.1 Å². The number of aromatic nitrogens is 1. The van der Waals surface area contributed by atoms with Crippen molar-refractivity contribution in [1.29, 1.82) is 0 Å². The third-order valence-corrected chi connectivity index (χ3v) is 5.41. The summed E-state index contributed by atoms with van der Waals surface area (Å²) >= 11 is 6.28. The minimum Gasteiger partial charge on any atom is -0.379 e. The normalized spacial score (nSPS) is 16.0. The van der Waals surface area contributed by atoms with Gasteiger partial charge in [0.2, 0.25) is 0 Å². The van der Waals surface area contributed by atoms with Crippen molar-refractivity contribution >= 4 is 28.3 Å². The number of nitrogens with one attached hydrogen (secondary N) is 1. The van der Waals surface area contributed by atoms with Crippen LogP contribution in [0.4, 0.5) is 0 Å². The van der Waals surface area contributed by atoms with Crippen molar-refractivity contribution in [3.05, 3.63) is 77.1 Å². The Balaban J connectivity index is 1.56. The maximum atomic E-state index is 13.0. The molecular weight excluding hydrogens is 374 g/mol. The molecule has 3 aromatic rings. The second-order valence-electron chi connectivity index (χ2n) is 6.77. The summed E-state index contributed by atoms with van der Waals surface area (Å²) in [6.07, 6.45) is 1.79. The van der Waals surface area contributed by atoms with Gasteiger partial charge in [-0.15, -0.1) is 0 Å². The van der Waals surface area contributed by atoms with Gasteiger partial charge in [0, 0.05) is 41.8 Å². The van der Waals surface area contributed by atoms with Gasteiger partial charge >= 0.3 is 0 Å². The van der Waals surface area contributed by atoms with E-state index in [4.69, 9.17) is 16.3 Å². The number of pyridine rings is 1. The zero-order valence-corrected chi connectivity index (χ0v) is 16.2. The lowest BCUT2D eigenvalue weighted by atomic mass is 10.0. The molecule has 4 rings (SSSR count). The molecule has 2 heterocycles. The Morgan fingerprint density at radius 3 is 2.64 bits per heavy atom. The first-order chi connectivity index (χ1) is 13.7. The van der Waals surface area contributed by atoms with Gasteiger partial charge in [-0.1, -0.05) is 41.9 Å². The molecule has 1 atom stereocenters. The van der Waals surface area contributed by atoms with Crippen molar-refractivity contribution in [2.75, 3.05) is 32.8 Å². The summed E-state index contributed by atoms with van der Waals surface area (Å²) in [7, 11) is 0. The van der Waals surface area contributed by atoms with E-state index in [1.807, 2.05) is 54.6 Å². The number of fused-ring (bicyclic) bond motifs is 1. The highest BCUT2D eigenvalue weighted by atomic mass is 35.5. The Kier molecular flexibility index (Phi) is 5.86. The molecule has 144 valence electrons. The van der Waals surface area contributed by atoms with Crippen LogP contribution >= 0.6 is 11.6 Å². The monoisotopic (exact) mass is 395 g/mol. The Hall–Kier alpha value is -2.47. The molecule has 0 spiro atoms. The van der Waals surface area contributed by atoms with Crippen molar-refractivity contribution in [3.63, 3.8) is 0 Å². The van der Waals surface area contributed by atoms with E-state index < -0.39 is 0 Å². The number of rotatable bonds is 5. The van der Waals surface area contributed by atoms with Crippen LogP contribution in [0.3, 0.4) is 0 Å². The summed E-state index contributed by atoms with van der Waals surface area (Å²) in [4.78, 5) is 19.8. The predicted octanol–water partition coefficient (Wildman–Crippen LogP) is 3.69. The molecule has 1 aliphatic heterocycles. The summed E-state index contributed by atoms with van der Waals surface area (Å²) in [5, 5.41) is 5.48. The standard InChI is InChI=1S/C22H22ClN3O2/c23-19-8-4-5-16-17(19)6-3-7-18(16)22(27)25-15-21(20-9-1-2-10-24-20)26-11-13-28-14-12-26/h1-10,21H,11-15H2,(H,25,27)/t21-/m1/s1. The average Bonchev–Trinajstić information content (AvgIpc) is 2.75. The first-order valence-electron chi connectivity index (χ1n) is 9.42. The highest BCUT2D eigenvalue weighted by Gasteiger charge is 2.24. The lowest BCUT2D eigenvalue weighted by molar-refractivity contribution is 0.0154. The van der Waals surface area contributed by atoms with E-state index in [0.717, 1.165) is 29.6 Å². The van der Waals surface area contributed by atoms with Crippen molar-refractivity contribution in [3.8, 4) is 0 Å². The van der Waals surface area contributed by atoms with Crippen molar-refractivity contribution in [2.24, 2.45) is 0 Å². The number of carbonyl (C=O) groups excluding carboxylic acids is 1. The van der Waals surface area contributed by atoms with Crippen LogP contribution in [0.15, 0.2) is 60.8 Å². The SMILES string of the molecule is O=C(NC[C@H](c1ccccn1)N1CCOCC1)c1cccc2c(Cl)cccc12. The second kappa shape index (κ2) is 8.69. The number of carbonyl (C=O) groups is 1. The van der Waals surface area contributed by atoms with Crippen LogP contribution < -0.4 is 5.32 Å². The molecule has 0 radical (unpaired) electrons. The van der Waals surface area contributed by atoms with E-state index >= 15 is 0 Å². The minimum absolute atomic E-state index is 0.00705. The molecule has 1 amide bonds. The zero-order valence-electron chi connectivity index (χ0n) is 15.5. The molecule has 0 bridgehead atoms. The summed E-state index contributed by atoms with van der Waals surface area (Å²) < 4.78 is 5.48. The van der Waals surface area contributed by atoms with Crippen molar-refractivity contribution < 1.29 is 9.53 Å². The van der Waals surface area contributed by atoms with Gasteiger partial charge < -0.3 is 10.1 Å². The molecule has 5 nitrogen and oxygen atoms in total. The van der Waals surface area contributed by atoms with Crippen LogP contribution in [-0.4, -0.2) is 48.6 Å². The fourth-order valence-corrected chi connectivity index (χ4v) is 3.87. The molecule has 28 heavy (non-hydrogen) atoms. The maximum Gasteiger partial charge on any atom is 0.251 e. The number of amides is 1. The van der Waals surface area contributed by atoms with E-state index in [1.54, 1.807) is 6.20 Å². The summed E-state index contributed by atoms with van der Waals surface area (Å²) in [5.74, 6) is -0.109. The Morgan fingerprint density at radius 2 is 1.86 bits per heavy atom. The number of hydrogen-bond acceptors (Lipinski definition) is 4. The van der Waals surface area contributed by atoms with Gasteiger partial charge in [-0.2, -0.15) is 0 Å². The third-order valence-electron chi connectivity index (χ3n) is 5.09. The second-order valence-corrected chi connectivity index (χ2v) is 7.18. The topological polar surface area (TPSA) is 54.5 Å². The Bertz CT molecular complexity index is 958. The number of morpholine rings is 1. The molecule has 2 aromatic carbocycles. The molecule has 0 unspecified atom stereocenters. The van der Waals surface area contributed by atoms with E-state index in [1.165, 1.54) is 0 Å². The smallest absolute Gasteiger partial charge is 0.251 e. The van der Waals surface area contributed by atoms with E-state index in [-0.39, 0.29) is 11.9 Å². The first-order valence-corrected chi connectivity index (χ1v) is 9.80. The third kappa shape index (κ3) is 4.02. The van der Waals surface area contributed by atoms with Gasteiger partial charge in [0.05, 0.1) is 24.9 Å². The number of ether oxygens (including phenoxy) is 1. The Labute approximate surface area is 169 Å². The minimum atomic E-state index is -0.109. The molecular formula is C22H22ClN3O2. The zero-order chi connectivity index (χ0) is 19.3. The van der Waals surface area contributed by atoms with E-state index in [2.05, 4.69) is 15.2 Å². The number of benzene rings is 2. The maximum absolute atomic E-state index is 13.0. The molecule has 1 N–H and O–H groups in total. The van der Waals surface area contributed by atoms with E-state index in [9.17, 15) is 4.79 Å². The van der Waals surface area contributed by atoms with Crippen molar-refractivity contribution in [2.45, 2.75) is 6.04 Å². The summed E-state index contributed by atoms with van der Waals surface area (Å²) in [5.41, 5.74) is 1.58. The molecule has 1 saturated heterocycles. The molecule has 6 heteroatoms. The van der Waals surface area contributed by atoms with Gasteiger partial charge in [0.25, 0.3) is 5.91 Å². The van der Waals surface area contributed by atoms with Gasteiger partial charge in [0.1, 0.15) is 0 Å². The highest BCUT2D eigenvalue weighted by molar-refractivity contribution is 6.36. The summed E-state index contributed by atoms with van der Waals surface area (Å²) in [6.45, 7) is 3.51. The fourth-order valence-electron chi connectivity index (χ4n) is 3.64. The van der Waals surface area contributed by atoms with Gasteiger partial charge in [-0.05, 0) is 29.7 Å². The number of hydrogen-bond donors (Lipinski definition) is 1. The van der Waals surface area contributed by atoms with Crippen molar-refractivity contribution in [1.82, 2.24) is 15.2 Å². The first kappa shape index (κ1) is 18.9. The molecule has 1 aromatic heterocycles. The molecule has 1 aliphatic rings. The molecule has 1 fully saturated rings. The average molecular weight is 396 g/mol. The lowest BCUT2D eigenvalue weighted by Gasteiger charge is -2.34.